The molecule has 0 aliphatic carbocycles. The molecule has 4 nitrogen and oxygen atoms in total. The van der Waals surface area contributed by atoms with Gasteiger partial charge in [-0.3, -0.25) is 0 Å². The molecule has 5 heteroatoms. The van der Waals surface area contributed by atoms with E-state index in [1.165, 1.54) is 6.07 Å². The molecule has 0 aliphatic heterocycles. The molecule has 0 unspecified atom stereocenters. The molecular formula is C15H18FN3O. The SMILES string of the molecule is CCCc1nc(N)c(C)c(Oc2cc(C)ccc2F)n1. The summed E-state index contributed by atoms with van der Waals surface area (Å²) >= 11 is 0. The van der Waals surface area contributed by atoms with E-state index < -0.39 is 5.82 Å². The Hall–Kier alpha value is -2.17. The van der Waals surface area contributed by atoms with Crippen molar-refractivity contribution in [2.75, 3.05) is 5.73 Å². The van der Waals surface area contributed by atoms with E-state index in [0.717, 1.165) is 12.0 Å². The van der Waals surface area contributed by atoms with Crippen LogP contribution in [0, 0.1) is 19.7 Å². The van der Waals surface area contributed by atoms with Crippen LogP contribution in [0.25, 0.3) is 0 Å². The van der Waals surface area contributed by atoms with E-state index in [1.807, 2.05) is 13.8 Å². The lowest BCUT2D eigenvalue weighted by atomic mass is 10.2. The number of hydrogen-bond acceptors (Lipinski definition) is 4. The third kappa shape index (κ3) is 3.04. The molecule has 2 rings (SSSR count). The summed E-state index contributed by atoms with van der Waals surface area (Å²) in [6.07, 6.45) is 1.61. The minimum atomic E-state index is -0.427. The van der Waals surface area contributed by atoms with Crippen LogP contribution in [0.1, 0.15) is 30.3 Å². The molecule has 0 aliphatic rings. The molecule has 0 radical (unpaired) electrons. The van der Waals surface area contributed by atoms with Gasteiger partial charge in [-0.2, -0.15) is 4.98 Å². The van der Waals surface area contributed by atoms with E-state index in [4.69, 9.17) is 10.5 Å². The van der Waals surface area contributed by atoms with Gasteiger partial charge in [-0.05, 0) is 38.0 Å². The van der Waals surface area contributed by atoms with Gasteiger partial charge in [0.25, 0.3) is 0 Å². The number of ether oxygens (including phenoxy) is 1. The maximum Gasteiger partial charge on any atom is 0.227 e. The number of nitrogen functional groups attached to an aromatic ring is 1. The minimum Gasteiger partial charge on any atom is -0.435 e. The van der Waals surface area contributed by atoms with Crippen molar-refractivity contribution in [3.8, 4) is 11.6 Å². The zero-order valence-corrected chi connectivity index (χ0v) is 11.9. The van der Waals surface area contributed by atoms with Crippen molar-refractivity contribution in [1.82, 2.24) is 9.97 Å². The van der Waals surface area contributed by atoms with E-state index in [2.05, 4.69) is 9.97 Å². The molecule has 0 amide bonds. The molecule has 0 fully saturated rings. The first-order chi connectivity index (χ1) is 9.51. The topological polar surface area (TPSA) is 61.0 Å². The molecule has 1 heterocycles. The Morgan fingerprint density at radius 1 is 1.25 bits per heavy atom. The molecule has 2 aromatic rings. The summed E-state index contributed by atoms with van der Waals surface area (Å²) in [6, 6.07) is 4.69. The summed E-state index contributed by atoms with van der Waals surface area (Å²) < 4.78 is 19.3. The van der Waals surface area contributed by atoms with Crippen LogP contribution in [-0.4, -0.2) is 9.97 Å². The first-order valence-corrected chi connectivity index (χ1v) is 6.58. The van der Waals surface area contributed by atoms with Gasteiger partial charge in [0, 0.05) is 6.42 Å². The van der Waals surface area contributed by atoms with Crippen LogP contribution < -0.4 is 10.5 Å². The van der Waals surface area contributed by atoms with E-state index in [0.29, 0.717) is 29.5 Å². The molecule has 2 N–H and O–H groups in total. The van der Waals surface area contributed by atoms with Gasteiger partial charge in [0.2, 0.25) is 5.88 Å². The maximum atomic E-state index is 13.7. The Labute approximate surface area is 117 Å². The number of anilines is 1. The van der Waals surface area contributed by atoms with Crippen molar-refractivity contribution in [1.29, 1.82) is 0 Å². The quantitative estimate of drug-likeness (QED) is 0.926. The highest BCUT2D eigenvalue weighted by Crippen LogP contribution is 2.28. The Kier molecular flexibility index (Phi) is 4.17. The number of benzene rings is 1. The lowest BCUT2D eigenvalue weighted by Crippen LogP contribution is -2.05. The Morgan fingerprint density at radius 2 is 2.00 bits per heavy atom. The molecule has 0 saturated heterocycles. The molecule has 1 aromatic heterocycles. The highest BCUT2D eigenvalue weighted by Gasteiger charge is 2.13. The summed E-state index contributed by atoms with van der Waals surface area (Å²) in [6.45, 7) is 5.66. The summed E-state index contributed by atoms with van der Waals surface area (Å²) in [5, 5.41) is 0. The number of hydrogen-bond donors (Lipinski definition) is 1. The summed E-state index contributed by atoms with van der Waals surface area (Å²) in [5.74, 6) is 1.01. The molecule has 1 aromatic carbocycles. The van der Waals surface area contributed by atoms with E-state index >= 15 is 0 Å². The first kappa shape index (κ1) is 14.2. The second-order valence-corrected chi connectivity index (χ2v) is 4.74. The fourth-order valence-electron chi connectivity index (χ4n) is 1.79. The fraction of sp³-hybridized carbons (Fsp3) is 0.333. The number of nitrogens with two attached hydrogens (primary N) is 1. The van der Waals surface area contributed by atoms with Crippen LogP contribution in [-0.2, 0) is 6.42 Å². The van der Waals surface area contributed by atoms with Crippen LogP contribution in [0.5, 0.6) is 11.6 Å². The van der Waals surface area contributed by atoms with Gasteiger partial charge in [-0.25, -0.2) is 9.37 Å². The first-order valence-electron chi connectivity index (χ1n) is 6.58. The molecule has 0 bridgehead atoms. The van der Waals surface area contributed by atoms with Crippen molar-refractivity contribution < 1.29 is 9.13 Å². The van der Waals surface area contributed by atoms with E-state index in [1.54, 1.807) is 19.1 Å². The molecule has 106 valence electrons. The van der Waals surface area contributed by atoms with Gasteiger partial charge in [0.15, 0.2) is 11.6 Å². The molecule has 0 atom stereocenters. The standard InChI is InChI=1S/C15H18FN3O/c1-4-5-13-18-14(17)10(3)15(19-13)20-12-8-9(2)6-7-11(12)16/h6-8H,4-5H2,1-3H3,(H2,17,18,19). The number of rotatable bonds is 4. The molecule has 0 saturated carbocycles. The number of nitrogens with zero attached hydrogens (tertiary/aromatic N) is 2. The van der Waals surface area contributed by atoms with Crippen LogP contribution >= 0.6 is 0 Å². The summed E-state index contributed by atoms with van der Waals surface area (Å²) in [7, 11) is 0. The highest BCUT2D eigenvalue weighted by molar-refractivity contribution is 5.46. The number of aromatic nitrogens is 2. The average Bonchev–Trinajstić information content (AvgIpc) is 2.40. The summed E-state index contributed by atoms with van der Waals surface area (Å²) in [5.41, 5.74) is 7.38. The minimum absolute atomic E-state index is 0.147. The zero-order chi connectivity index (χ0) is 14.7. The molecule has 0 spiro atoms. The van der Waals surface area contributed by atoms with Crippen molar-refractivity contribution in [2.45, 2.75) is 33.6 Å². The Bertz CT molecular complexity index is 629. The lowest BCUT2D eigenvalue weighted by Gasteiger charge is -2.11. The smallest absolute Gasteiger partial charge is 0.227 e. The molecular weight excluding hydrogens is 257 g/mol. The van der Waals surface area contributed by atoms with Gasteiger partial charge < -0.3 is 10.5 Å². The van der Waals surface area contributed by atoms with Crippen LogP contribution in [0.2, 0.25) is 0 Å². The maximum absolute atomic E-state index is 13.7. The third-order valence-electron chi connectivity index (χ3n) is 2.95. The van der Waals surface area contributed by atoms with E-state index in [9.17, 15) is 4.39 Å². The third-order valence-corrected chi connectivity index (χ3v) is 2.95. The van der Waals surface area contributed by atoms with Gasteiger partial charge in [0.1, 0.15) is 11.6 Å². The van der Waals surface area contributed by atoms with E-state index in [-0.39, 0.29) is 5.75 Å². The summed E-state index contributed by atoms with van der Waals surface area (Å²) in [4.78, 5) is 8.51. The normalized spacial score (nSPS) is 10.6. The van der Waals surface area contributed by atoms with Crippen molar-refractivity contribution >= 4 is 5.82 Å². The van der Waals surface area contributed by atoms with Crippen LogP contribution in [0.3, 0.4) is 0 Å². The van der Waals surface area contributed by atoms with Crippen LogP contribution in [0.4, 0.5) is 10.2 Å². The van der Waals surface area contributed by atoms with Gasteiger partial charge in [0.05, 0.1) is 5.56 Å². The van der Waals surface area contributed by atoms with Crippen molar-refractivity contribution in [3.05, 3.63) is 41.0 Å². The van der Waals surface area contributed by atoms with Gasteiger partial charge in [-0.15, -0.1) is 0 Å². The van der Waals surface area contributed by atoms with Gasteiger partial charge >= 0.3 is 0 Å². The Morgan fingerprint density at radius 3 is 2.70 bits per heavy atom. The lowest BCUT2D eigenvalue weighted by molar-refractivity contribution is 0.421. The van der Waals surface area contributed by atoms with Crippen LogP contribution in [0.15, 0.2) is 18.2 Å². The highest BCUT2D eigenvalue weighted by atomic mass is 19.1. The second kappa shape index (κ2) is 5.86. The average molecular weight is 275 g/mol. The number of aryl methyl sites for hydroxylation is 2. The second-order valence-electron chi connectivity index (χ2n) is 4.74. The zero-order valence-electron chi connectivity index (χ0n) is 11.9. The Balaban J connectivity index is 2.39. The monoisotopic (exact) mass is 275 g/mol. The fourth-order valence-corrected chi connectivity index (χ4v) is 1.79. The van der Waals surface area contributed by atoms with Crippen molar-refractivity contribution in [2.24, 2.45) is 0 Å². The molecule has 20 heavy (non-hydrogen) atoms. The largest absolute Gasteiger partial charge is 0.435 e. The van der Waals surface area contributed by atoms with Crippen molar-refractivity contribution in [3.63, 3.8) is 0 Å². The number of halogens is 1. The predicted octanol–water partition coefficient (Wildman–Crippen LogP) is 3.56. The van der Waals surface area contributed by atoms with Gasteiger partial charge in [-0.1, -0.05) is 13.0 Å². The predicted molar refractivity (Wildman–Crippen MR) is 76.4 cm³/mol.